The third-order valence-electron chi connectivity index (χ3n) is 2.89. The van der Waals surface area contributed by atoms with Crippen molar-refractivity contribution in [2.45, 2.75) is 31.9 Å². The smallest absolute Gasteiger partial charge is 0.128 e. The van der Waals surface area contributed by atoms with Gasteiger partial charge in [-0.15, -0.1) is 0 Å². The molecule has 0 aromatic heterocycles. The maximum absolute atomic E-state index is 6.08. The minimum atomic E-state index is 0.0876. The predicted octanol–water partition coefficient (Wildman–Crippen LogP) is 2.26. The number of ether oxygens (including phenoxy) is 2. The molecule has 3 nitrogen and oxygen atoms in total. The highest BCUT2D eigenvalue weighted by Crippen LogP contribution is 2.36. The van der Waals surface area contributed by atoms with E-state index in [0.717, 1.165) is 29.9 Å². The van der Waals surface area contributed by atoms with Gasteiger partial charge in [-0.3, -0.25) is 0 Å². The van der Waals surface area contributed by atoms with Crippen LogP contribution in [-0.4, -0.2) is 13.2 Å². The summed E-state index contributed by atoms with van der Waals surface area (Å²) in [6, 6.07) is 5.92. The van der Waals surface area contributed by atoms with Crippen LogP contribution < -0.4 is 15.2 Å². The van der Waals surface area contributed by atoms with Gasteiger partial charge in [-0.25, -0.2) is 0 Å². The molecule has 0 bridgehead atoms. The fourth-order valence-electron chi connectivity index (χ4n) is 1.94. The van der Waals surface area contributed by atoms with E-state index in [4.69, 9.17) is 15.2 Å². The van der Waals surface area contributed by atoms with Crippen molar-refractivity contribution >= 4 is 0 Å². The second-order valence-electron chi connectivity index (χ2n) is 3.89. The summed E-state index contributed by atoms with van der Waals surface area (Å²) in [7, 11) is 1.65. The number of hydrogen-bond donors (Lipinski definition) is 1. The molecular formula is C12H17NO2. The van der Waals surface area contributed by atoms with Crippen molar-refractivity contribution in [2.24, 2.45) is 5.73 Å². The summed E-state index contributed by atoms with van der Waals surface area (Å²) in [6.07, 6.45) is 2.12. The van der Waals surface area contributed by atoms with Crippen molar-refractivity contribution in [3.63, 3.8) is 0 Å². The summed E-state index contributed by atoms with van der Waals surface area (Å²) < 4.78 is 11.0. The van der Waals surface area contributed by atoms with Crippen LogP contribution in [0, 0.1) is 0 Å². The Hall–Kier alpha value is -1.22. The third kappa shape index (κ3) is 1.92. The summed E-state index contributed by atoms with van der Waals surface area (Å²) in [4.78, 5) is 0. The van der Waals surface area contributed by atoms with E-state index in [2.05, 4.69) is 6.92 Å². The monoisotopic (exact) mass is 207 g/mol. The Balaban J connectivity index is 2.33. The molecule has 82 valence electrons. The Bertz CT molecular complexity index is 351. The van der Waals surface area contributed by atoms with Crippen LogP contribution in [0.5, 0.6) is 11.5 Å². The standard InChI is InChI=1S/C12H17NO2/c1-3-8-6-11(13)10-5-4-9(14-2)7-12(10)15-8/h4-5,7-8,11H,3,6,13H2,1-2H3/t8?,11-/m1/s1. The normalized spacial score (nSPS) is 24.2. The second-order valence-corrected chi connectivity index (χ2v) is 3.89. The van der Waals surface area contributed by atoms with Crippen LogP contribution in [-0.2, 0) is 0 Å². The molecule has 0 radical (unpaired) electrons. The van der Waals surface area contributed by atoms with Gasteiger partial charge in [-0.05, 0) is 12.5 Å². The molecule has 1 aliphatic heterocycles. The zero-order chi connectivity index (χ0) is 10.8. The Kier molecular flexibility index (Phi) is 2.82. The molecule has 1 aliphatic rings. The lowest BCUT2D eigenvalue weighted by atomic mass is 9.96. The topological polar surface area (TPSA) is 44.5 Å². The number of methoxy groups -OCH3 is 1. The molecule has 0 saturated heterocycles. The number of rotatable bonds is 2. The second kappa shape index (κ2) is 4.11. The number of hydrogen-bond acceptors (Lipinski definition) is 3. The van der Waals surface area contributed by atoms with Gasteiger partial charge in [0.15, 0.2) is 0 Å². The van der Waals surface area contributed by atoms with Gasteiger partial charge in [-0.1, -0.05) is 13.0 Å². The number of fused-ring (bicyclic) bond motifs is 1. The SMILES string of the molecule is CCC1C[C@@H](N)c2ccc(OC)cc2O1. The van der Waals surface area contributed by atoms with Crippen molar-refractivity contribution in [1.82, 2.24) is 0 Å². The maximum atomic E-state index is 6.08. The van der Waals surface area contributed by atoms with Crippen LogP contribution in [0.2, 0.25) is 0 Å². The average Bonchev–Trinajstić information content (AvgIpc) is 2.28. The molecule has 0 amide bonds. The quantitative estimate of drug-likeness (QED) is 0.809. The molecule has 0 fully saturated rings. The van der Waals surface area contributed by atoms with E-state index in [1.165, 1.54) is 0 Å². The van der Waals surface area contributed by atoms with E-state index in [1.54, 1.807) is 7.11 Å². The Morgan fingerprint density at radius 1 is 1.53 bits per heavy atom. The molecule has 2 N–H and O–H groups in total. The van der Waals surface area contributed by atoms with Crippen molar-refractivity contribution in [3.8, 4) is 11.5 Å². The lowest BCUT2D eigenvalue weighted by molar-refractivity contribution is 0.154. The molecule has 1 heterocycles. The first-order chi connectivity index (χ1) is 7.24. The highest BCUT2D eigenvalue weighted by molar-refractivity contribution is 5.43. The van der Waals surface area contributed by atoms with Gasteiger partial charge >= 0.3 is 0 Å². The van der Waals surface area contributed by atoms with Crippen molar-refractivity contribution in [1.29, 1.82) is 0 Å². The molecule has 1 aromatic rings. The van der Waals surface area contributed by atoms with E-state index in [9.17, 15) is 0 Å². The van der Waals surface area contributed by atoms with Crippen LogP contribution in [0.15, 0.2) is 18.2 Å². The summed E-state index contributed by atoms with van der Waals surface area (Å²) in [5, 5.41) is 0. The first-order valence-electron chi connectivity index (χ1n) is 5.34. The largest absolute Gasteiger partial charge is 0.497 e. The Morgan fingerprint density at radius 3 is 3.00 bits per heavy atom. The van der Waals surface area contributed by atoms with Crippen molar-refractivity contribution < 1.29 is 9.47 Å². The molecule has 1 unspecified atom stereocenters. The molecule has 0 aliphatic carbocycles. The highest BCUT2D eigenvalue weighted by Gasteiger charge is 2.24. The predicted molar refractivity (Wildman–Crippen MR) is 59.2 cm³/mol. The van der Waals surface area contributed by atoms with Gasteiger partial charge < -0.3 is 15.2 Å². The Morgan fingerprint density at radius 2 is 2.33 bits per heavy atom. The molecular weight excluding hydrogens is 190 g/mol. The minimum absolute atomic E-state index is 0.0876. The molecule has 2 rings (SSSR count). The van der Waals surface area contributed by atoms with Crippen LogP contribution in [0.25, 0.3) is 0 Å². The number of benzene rings is 1. The zero-order valence-electron chi connectivity index (χ0n) is 9.19. The highest BCUT2D eigenvalue weighted by atomic mass is 16.5. The van der Waals surface area contributed by atoms with E-state index < -0.39 is 0 Å². The summed E-state index contributed by atoms with van der Waals surface area (Å²) >= 11 is 0. The third-order valence-corrected chi connectivity index (χ3v) is 2.89. The molecule has 0 saturated carbocycles. The Labute approximate surface area is 90.2 Å². The van der Waals surface area contributed by atoms with Gasteiger partial charge in [0.25, 0.3) is 0 Å². The van der Waals surface area contributed by atoms with Crippen LogP contribution in [0.1, 0.15) is 31.4 Å². The zero-order valence-corrected chi connectivity index (χ0v) is 9.19. The minimum Gasteiger partial charge on any atom is -0.497 e. The van der Waals surface area contributed by atoms with Gasteiger partial charge in [-0.2, -0.15) is 0 Å². The van der Waals surface area contributed by atoms with Gasteiger partial charge in [0.1, 0.15) is 17.6 Å². The van der Waals surface area contributed by atoms with E-state index >= 15 is 0 Å². The molecule has 2 atom stereocenters. The first-order valence-corrected chi connectivity index (χ1v) is 5.34. The average molecular weight is 207 g/mol. The van der Waals surface area contributed by atoms with Crippen LogP contribution in [0.4, 0.5) is 0 Å². The summed E-state index contributed by atoms with van der Waals surface area (Å²) in [5.41, 5.74) is 7.17. The molecule has 15 heavy (non-hydrogen) atoms. The van der Waals surface area contributed by atoms with Gasteiger partial charge in [0.2, 0.25) is 0 Å². The maximum Gasteiger partial charge on any atom is 0.128 e. The fourth-order valence-corrected chi connectivity index (χ4v) is 1.94. The van der Waals surface area contributed by atoms with Crippen LogP contribution in [0.3, 0.4) is 0 Å². The van der Waals surface area contributed by atoms with Gasteiger partial charge in [0.05, 0.1) is 7.11 Å². The molecule has 3 heteroatoms. The summed E-state index contributed by atoms with van der Waals surface area (Å²) in [6.45, 7) is 2.11. The van der Waals surface area contributed by atoms with Crippen molar-refractivity contribution in [3.05, 3.63) is 23.8 Å². The molecule has 1 aromatic carbocycles. The number of nitrogens with two attached hydrogens (primary N) is 1. The van der Waals surface area contributed by atoms with E-state index in [-0.39, 0.29) is 12.1 Å². The first kappa shape index (κ1) is 10.3. The fraction of sp³-hybridized carbons (Fsp3) is 0.500. The van der Waals surface area contributed by atoms with E-state index in [1.807, 2.05) is 18.2 Å². The van der Waals surface area contributed by atoms with E-state index in [0.29, 0.717) is 0 Å². The van der Waals surface area contributed by atoms with Crippen LogP contribution >= 0.6 is 0 Å². The van der Waals surface area contributed by atoms with Gasteiger partial charge in [0, 0.05) is 24.1 Å². The summed E-state index contributed by atoms with van der Waals surface area (Å²) in [5.74, 6) is 1.69. The lowest BCUT2D eigenvalue weighted by Gasteiger charge is -2.29. The van der Waals surface area contributed by atoms with Crippen molar-refractivity contribution in [2.75, 3.05) is 7.11 Å². The lowest BCUT2D eigenvalue weighted by Crippen LogP contribution is -2.28. The molecule has 0 spiro atoms.